The van der Waals surface area contributed by atoms with Crippen molar-refractivity contribution in [2.24, 2.45) is 5.92 Å². The molecular weight excluding hydrogens is 144 g/mol. The van der Waals surface area contributed by atoms with Crippen LogP contribution in [0, 0.1) is 5.92 Å². The molecule has 0 rings (SSSR count). The van der Waals surface area contributed by atoms with Gasteiger partial charge in [-0.05, 0) is 12.8 Å². The number of hydrogen-bond acceptors (Lipinski definition) is 3. The Morgan fingerprint density at radius 2 is 1.82 bits per heavy atom. The van der Waals surface area contributed by atoms with Crippen LogP contribution < -0.4 is 0 Å². The van der Waals surface area contributed by atoms with E-state index in [0.29, 0.717) is 0 Å². The van der Waals surface area contributed by atoms with Crippen molar-refractivity contribution >= 4 is 5.97 Å². The molecule has 0 fully saturated rings. The summed E-state index contributed by atoms with van der Waals surface area (Å²) in [4.78, 5) is 10.5. The molecule has 0 radical (unpaired) electrons. The van der Waals surface area contributed by atoms with Gasteiger partial charge in [-0.1, -0.05) is 13.8 Å². The SMILES string of the molecule is CC(=O)OC(C(C)C)C(C)O. The van der Waals surface area contributed by atoms with E-state index >= 15 is 0 Å². The third-order valence-electron chi connectivity index (χ3n) is 1.43. The number of esters is 1. The van der Waals surface area contributed by atoms with Crippen molar-refractivity contribution in [1.29, 1.82) is 0 Å². The van der Waals surface area contributed by atoms with Crippen LogP contribution in [0.2, 0.25) is 0 Å². The second kappa shape index (κ2) is 4.34. The molecule has 0 heterocycles. The highest BCUT2D eigenvalue weighted by Gasteiger charge is 2.21. The van der Waals surface area contributed by atoms with E-state index in [2.05, 4.69) is 0 Å². The molecule has 0 aliphatic rings. The molecule has 3 nitrogen and oxygen atoms in total. The number of carbonyl (C=O) groups is 1. The van der Waals surface area contributed by atoms with Gasteiger partial charge in [-0.25, -0.2) is 0 Å². The topological polar surface area (TPSA) is 46.5 Å². The van der Waals surface area contributed by atoms with Gasteiger partial charge in [0.25, 0.3) is 0 Å². The lowest BCUT2D eigenvalue weighted by Gasteiger charge is -2.22. The Morgan fingerprint density at radius 1 is 1.36 bits per heavy atom. The van der Waals surface area contributed by atoms with Crippen LogP contribution in [0.1, 0.15) is 27.7 Å². The Bertz CT molecular complexity index is 121. The summed E-state index contributed by atoms with van der Waals surface area (Å²) >= 11 is 0. The fourth-order valence-corrected chi connectivity index (χ4v) is 0.983. The molecule has 0 aromatic heterocycles. The van der Waals surface area contributed by atoms with Crippen LogP contribution in [0.25, 0.3) is 0 Å². The largest absolute Gasteiger partial charge is 0.460 e. The number of rotatable bonds is 3. The fourth-order valence-electron chi connectivity index (χ4n) is 0.983. The van der Waals surface area contributed by atoms with E-state index in [9.17, 15) is 4.79 Å². The summed E-state index contributed by atoms with van der Waals surface area (Å²) in [5.74, 6) is -0.191. The lowest BCUT2D eigenvalue weighted by molar-refractivity contribution is -0.155. The molecule has 0 aromatic carbocycles. The normalized spacial score (nSPS) is 16.2. The van der Waals surface area contributed by atoms with Gasteiger partial charge in [-0.2, -0.15) is 0 Å². The first-order chi connectivity index (χ1) is 4.95. The Hall–Kier alpha value is -0.570. The average Bonchev–Trinajstić information content (AvgIpc) is 1.81. The molecule has 0 aromatic rings. The first-order valence-electron chi connectivity index (χ1n) is 3.80. The van der Waals surface area contributed by atoms with Gasteiger partial charge in [-0.3, -0.25) is 4.79 Å². The molecule has 0 bridgehead atoms. The summed E-state index contributed by atoms with van der Waals surface area (Å²) in [6.07, 6.45) is -0.980. The molecule has 0 saturated heterocycles. The van der Waals surface area contributed by atoms with Gasteiger partial charge in [0.15, 0.2) is 0 Å². The first kappa shape index (κ1) is 10.4. The van der Waals surface area contributed by atoms with E-state index < -0.39 is 6.10 Å². The molecule has 0 aliphatic carbocycles. The molecule has 0 saturated carbocycles. The second-order valence-corrected chi connectivity index (χ2v) is 3.06. The van der Waals surface area contributed by atoms with Gasteiger partial charge in [0, 0.05) is 6.92 Å². The fraction of sp³-hybridized carbons (Fsp3) is 0.875. The molecule has 3 heteroatoms. The van der Waals surface area contributed by atoms with E-state index in [0.717, 1.165) is 0 Å². The Morgan fingerprint density at radius 3 is 1.91 bits per heavy atom. The molecule has 66 valence electrons. The number of hydrogen-bond donors (Lipinski definition) is 1. The predicted octanol–water partition coefficient (Wildman–Crippen LogP) is 0.955. The number of ether oxygens (including phenoxy) is 1. The van der Waals surface area contributed by atoms with Crippen molar-refractivity contribution in [1.82, 2.24) is 0 Å². The maximum Gasteiger partial charge on any atom is 0.303 e. The Kier molecular flexibility index (Phi) is 4.11. The van der Waals surface area contributed by atoms with Gasteiger partial charge in [-0.15, -0.1) is 0 Å². The van der Waals surface area contributed by atoms with E-state index in [1.807, 2.05) is 13.8 Å². The highest BCUT2D eigenvalue weighted by Crippen LogP contribution is 2.10. The van der Waals surface area contributed by atoms with E-state index in [4.69, 9.17) is 9.84 Å². The molecular formula is C8H16O3. The Labute approximate surface area is 67.4 Å². The quantitative estimate of drug-likeness (QED) is 0.625. The smallest absolute Gasteiger partial charge is 0.303 e. The maximum absolute atomic E-state index is 10.5. The van der Waals surface area contributed by atoms with Crippen LogP contribution in [0.3, 0.4) is 0 Å². The van der Waals surface area contributed by atoms with Gasteiger partial charge < -0.3 is 9.84 Å². The van der Waals surface area contributed by atoms with Crippen molar-refractivity contribution in [3.05, 3.63) is 0 Å². The van der Waals surface area contributed by atoms with Gasteiger partial charge in [0.2, 0.25) is 0 Å². The minimum atomic E-state index is -0.598. The lowest BCUT2D eigenvalue weighted by atomic mass is 10.0. The summed E-state index contributed by atoms with van der Waals surface area (Å²) < 4.78 is 4.88. The van der Waals surface area contributed by atoms with Crippen molar-refractivity contribution in [2.75, 3.05) is 0 Å². The summed E-state index contributed by atoms with van der Waals surface area (Å²) in [5, 5.41) is 9.15. The highest BCUT2D eigenvalue weighted by molar-refractivity contribution is 5.66. The highest BCUT2D eigenvalue weighted by atomic mass is 16.6. The zero-order valence-corrected chi connectivity index (χ0v) is 7.50. The zero-order valence-electron chi connectivity index (χ0n) is 7.50. The predicted molar refractivity (Wildman–Crippen MR) is 42.1 cm³/mol. The molecule has 0 spiro atoms. The Balaban J connectivity index is 4.00. The molecule has 1 N–H and O–H groups in total. The number of carbonyl (C=O) groups excluding carboxylic acids is 1. The first-order valence-corrected chi connectivity index (χ1v) is 3.80. The van der Waals surface area contributed by atoms with Crippen molar-refractivity contribution < 1.29 is 14.6 Å². The molecule has 0 amide bonds. The standard InChI is InChI=1S/C8H16O3/c1-5(2)8(6(3)9)11-7(4)10/h5-6,8-9H,1-4H3. The van der Waals surface area contributed by atoms with Crippen molar-refractivity contribution in [3.63, 3.8) is 0 Å². The molecule has 11 heavy (non-hydrogen) atoms. The third-order valence-corrected chi connectivity index (χ3v) is 1.43. The van der Waals surface area contributed by atoms with Gasteiger partial charge >= 0.3 is 5.97 Å². The van der Waals surface area contributed by atoms with Crippen LogP contribution in [-0.2, 0) is 9.53 Å². The second-order valence-electron chi connectivity index (χ2n) is 3.06. The molecule has 2 atom stereocenters. The van der Waals surface area contributed by atoms with Crippen molar-refractivity contribution in [3.8, 4) is 0 Å². The minimum absolute atomic E-state index is 0.152. The van der Waals surface area contributed by atoms with Crippen LogP contribution in [-0.4, -0.2) is 23.3 Å². The van der Waals surface area contributed by atoms with E-state index in [1.54, 1.807) is 6.92 Å². The van der Waals surface area contributed by atoms with Crippen LogP contribution in [0.5, 0.6) is 0 Å². The summed E-state index contributed by atoms with van der Waals surface area (Å²) in [6, 6.07) is 0. The zero-order chi connectivity index (χ0) is 9.02. The van der Waals surface area contributed by atoms with Gasteiger partial charge in [0.1, 0.15) is 6.10 Å². The summed E-state index contributed by atoms with van der Waals surface area (Å²) in [6.45, 7) is 6.77. The average molecular weight is 160 g/mol. The van der Waals surface area contributed by atoms with E-state index in [1.165, 1.54) is 6.92 Å². The maximum atomic E-state index is 10.5. The number of aliphatic hydroxyl groups excluding tert-OH is 1. The van der Waals surface area contributed by atoms with E-state index in [-0.39, 0.29) is 18.0 Å². The molecule has 0 aliphatic heterocycles. The van der Waals surface area contributed by atoms with Gasteiger partial charge in [0.05, 0.1) is 6.10 Å². The van der Waals surface area contributed by atoms with Crippen LogP contribution in [0.15, 0.2) is 0 Å². The minimum Gasteiger partial charge on any atom is -0.460 e. The number of aliphatic hydroxyl groups is 1. The lowest BCUT2D eigenvalue weighted by Crippen LogP contribution is -2.32. The van der Waals surface area contributed by atoms with Crippen LogP contribution in [0.4, 0.5) is 0 Å². The summed E-state index contributed by atoms with van der Waals surface area (Å²) in [5.41, 5.74) is 0. The monoisotopic (exact) mass is 160 g/mol. The summed E-state index contributed by atoms with van der Waals surface area (Å²) in [7, 11) is 0. The van der Waals surface area contributed by atoms with Crippen molar-refractivity contribution in [2.45, 2.75) is 39.9 Å². The molecule has 2 unspecified atom stereocenters. The third kappa shape index (κ3) is 3.98. The van der Waals surface area contributed by atoms with Crippen LogP contribution >= 0.6 is 0 Å².